The lowest BCUT2D eigenvalue weighted by Crippen LogP contribution is -1.91. The van der Waals surface area contributed by atoms with Crippen molar-refractivity contribution in [2.24, 2.45) is 0 Å². The molecule has 15 heavy (non-hydrogen) atoms. The average molecular weight is 206 g/mol. The van der Waals surface area contributed by atoms with Crippen molar-refractivity contribution in [1.29, 1.82) is 0 Å². The molecule has 80 valence electrons. The van der Waals surface area contributed by atoms with Crippen molar-refractivity contribution >= 4 is 10.9 Å². The molecule has 0 unspecified atom stereocenters. The zero-order chi connectivity index (χ0) is 10.8. The maximum Gasteiger partial charge on any atom is 0.121 e. The highest BCUT2D eigenvalue weighted by Gasteiger charge is 2.10. The number of H-pyrrole nitrogens is 1. The topological polar surface area (TPSA) is 69.1 Å². The van der Waals surface area contributed by atoms with E-state index in [0.717, 1.165) is 22.2 Å². The second-order valence-corrected chi connectivity index (χ2v) is 3.64. The van der Waals surface area contributed by atoms with Crippen LogP contribution in [0, 0.1) is 6.92 Å². The molecule has 0 bridgehead atoms. The number of hydrogen-bond acceptors (Lipinski definition) is 3. The molecule has 3 N–H and O–H groups in total. The van der Waals surface area contributed by atoms with Gasteiger partial charge >= 0.3 is 0 Å². The Bertz CT molecular complexity index is 477. The van der Waals surface area contributed by atoms with E-state index < -0.39 is 0 Å². The van der Waals surface area contributed by atoms with Gasteiger partial charge in [-0.2, -0.15) is 5.10 Å². The van der Waals surface area contributed by atoms with Gasteiger partial charge in [0.25, 0.3) is 0 Å². The van der Waals surface area contributed by atoms with Gasteiger partial charge in [-0.15, -0.1) is 0 Å². The molecule has 4 heteroatoms. The monoisotopic (exact) mass is 206 g/mol. The van der Waals surface area contributed by atoms with Gasteiger partial charge in [-0.25, -0.2) is 0 Å². The van der Waals surface area contributed by atoms with Crippen molar-refractivity contribution < 1.29 is 10.2 Å². The first-order chi connectivity index (χ1) is 7.24. The highest BCUT2D eigenvalue weighted by molar-refractivity contribution is 5.86. The van der Waals surface area contributed by atoms with Gasteiger partial charge in [0.2, 0.25) is 0 Å². The number of nitrogens with zero attached hydrogens (tertiary/aromatic N) is 1. The van der Waals surface area contributed by atoms with E-state index in [0.29, 0.717) is 12.8 Å². The van der Waals surface area contributed by atoms with Crippen molar-refractivity contribution in [3.05, 3.63) is 23.4 Å². The molecule has 1 aromatic carbocycles. The summed E-state index contributed by atoms with van der Waals surface area (Å²) in [5.41, 5.74) is 2.61. The Balaban J connectivity index is 2.53. The summed E-state index contributed by atoms with van der Waals surface area (Å²) in [7, 11) is 0. The largest absolute Gasteiger partial charge is 0.508 e. The zero-order valence-electron chi connectivity index (χ0n) is 8.62. The average Bonchev–Trinajstić information content (AvgIpc) is 2.59. The Morgan fingerprint density at radius 2 is 2.20 bits per heavy atom. The Hall–Kier alpha value is -1.55. The third kappa shape index (κ3) is 1.68. The highest BCUT2D eigenvalue weighted by Crippen LogP contribution is 2.28. The molecule has 0 fully saturated rings. The van der Waals surface area contributed by atoms with E-state index >= 15 is 0 Å². The quantitative estimate of drug-likeness (QED) is 0.712. The van der Waals surface area contributed by atoms with Crippen molar-refractivity contribution in [3.63, 3.8) is 0 Å². The lowest BCUT2D eigenvalue weighted by molar-refractivity contribution is 0.288. The van der Waals surface area contributed by atoms with E-state index in [2.05, 4.69) is 10.2 Å². The Morgan fingerprint density at radius 3 is 2.93 bits per heavy atom. The number of rotatable bonds is 3. The number of nitrogens with one attached hydrogen (secondary N) is 1. The van der Waals surface area contributed by atoms with Crippen LogP contribution in [0.2, 0.25) is 0 Å². The van der Waals surface area contributed by atoms with Crippen molar-refractivity contribution in [2.75, 3.05) is 6.61 Å². The van der Waals surface area contributed by atoms with Gasteiger partial charge in [0.15, 0.2) is 0 Å². The SMILES string of the molecule is Cc1[nH]nc2c(CCCO)c(O)ccc12. The number of fused-ring (bicyclic) bond motifs is 1. The molecule has 0 aliphatic heterocycles. The molecule has 0 spiro atoms. The maximum absolute atomic E-state index is 9.71. The van der Waals surface area contributed by atoms with Crippen LogP contribution in [0.3, 0.4) is 0 Å². The van der Waals surface area contributed by atoms with Crippen LogP contribution in [0.15, 0.2) is 12.1 Å². The number of hydrogen-bond donors (Lipinski definition) is 3. The standard InChI is InChI=1S/C11H14N2O2/c1-7-8-4-5-10(15)9(3-2-6-14)11(8)13-12-7/h4-5,14-15H,2-3,6H2,1H3,(H,12,13). The molecule has 0 aliphatic rings. The summed E-state index contributed by atoms with van der Waals surface area (Å²) >= 11 is 0. The number of phenolic OH excluding ortho intramolecular Hbond substituents is 1. The summed E-state index contributed by atoms with van der Waals surface area (Å²) in [4.78, 5) is 0. The van der Waals surface area contributed by atoms with E-state index in [1.165, 1.54) is 0 Å². The van der Waals surface area contributed by atoms with Crippen LogP contribution in [0.1, 0.15) is 17.7 Å². The van der Waals surface area contributed by atoms with E-state index in [9.17, 15) is 5.11 Å². The van der Waals surface area contributed by atoms with Gasteiger partial charge in [-0.3, -0.25) is 5.10 Å². The van der Waals surface area contributed by atoms with Gasteiger partial charge in [0.1, 0.15) is 5.75 Å². The molecule has 0 radical (unpaired) electrons. The predicted octanol–water partition coefficient (Wildman–Crippen LogP) is 1.50. The molecule has 0 aliphatic carbocycles. The van der Waals surface area contributed by atoms with Crippen molar-refractivity contribution in [2.45, 2.75) is 19.8 Å². The molecule has 4 nitrogen and oxygen atoms in total. The molecule has 0 atom stereocenters. The number of aromatic amines is 1. The van der Waals surface area contributed by atoms with Crippen LogP contribution in [-0.2, 0) is 6.42 Å². The zero-order valence-corrected chi connectivity index (χ0v) is 8.62. The molecule has 1 heterocycles. The summed E-state index contributed by atoms with van der Waals surface area (Å²) in [6.07, 6.45) is 1.28. The maximum atomic E-state index is 9.71. The van der Waals surface area contributed by atoms with Gasteiger partial charge in [0, 0.05) is 23.3 Å². The normalized spacial score (nSPS) is 11.1. The Kier molecular flexibility index (Phi) is 2.60. The Labute approximate surface area is 87.6 Å². The first-order valence-corrected chi connectivity index (χ1v) is 5.00. The number of aliphatic hydroxyl groups excluding tert-OH is 1. The van der Waals surface area contributed by atoms with Crippen LogP contribution >= 0.6 is 0 Å². The predicted molar refractivity (Wildman–Crippen MR) is 57.9 cm³/mol. The fourth-order valence-corrected chi connectivity index (χ4v) is 1.76. The highest BCUT2D eigenvalue weighted by atomic mass is 16.3. The first kappa shape index (κ1) is 9.98. The second kappa shape index (κ2) is 3.90. The van der Waals surface area contributed by atoms with Crippen molar-refractivity contribution in [3.8, 4) is 5.75 Å². The molecule has 1 aromatic heterocycles. The molecule has 0 saturated carbocycles. The van der Waals surface area contributed by atoms with Gasteiger partial charge in [-0.1, -0.05) is 0 Å². The number of aromatic hydroxyl groups is 1. The molecule has 0 amide bonds. The van der Waals surface area contributed by atoms with Crippen LogP contribution in [-0.4, -0.2) is 27.0 Å². The number of phenols is 1. The molecule has 2 rings (SSSR count). The number of aryl methyl sites for hydroxylation is 2. The lowest BCUT2D eigenvalue weighted by atomic mass is 10.0. The van der Waals surface area contributed by atoms with Gasteiger partial charge < -0.3 is 10.2 Å². The fourth-order valence-electron chi connectivity index (χ4n) is 1.76. The third-order valence-corrected chi connectivity index (χ3v) is 2.58. The lowest BCUT2D eigenvalue weighted by Gasteiger charge is -2.04. The minimum absolute atomic E-state index is 0.124. The molecular formula is C11H14N2O2. The minimum atomic E-state index is 0.124. The second-order valence-electron chi connectivity index (χ2n) is 3.64. The summed E-state index contributed by atoms with van der Waals surface area (Å²) < 4.78 is 0. The van der Waals surface area contributed by atoms with E-state index in [1.807, 2.05) is 13.0 Å². The summed E-state index contributed by atoms with van der Waals surface area (Å²) in [5, 5.41) is 26.6. The van der Waals surface area contributed by atoms with Crippen LogP contribution < -0.4 is 0 Å². The third-order valence-electron chi connectivity index (χ3n) is 2.58. The molecule has 0 saturated heterocycles. The number of benzene rings is 1. The number of aliphatic hydroxyl groups is 1. The summed E-state index contributed by atoms with van der Waals surface area (Å²) in [6.45, 7) is 2.07. The summed E-state index contributed by atoms with van der Waals surface area (Å²) in [6, 6.07) is 3.53. The van der Waals surface area contributed by atoms with Crippen molar-refractivity contribution in [1.82, 2.24) is 10.2 Å². The smallest absolute Gasteiger partial charge is 0.121 e. The van der Waals surface area contributed by atoms with Crippen LogP contribution in [0.4, 0.5) is 0 Å². The first-order valence-electron chi connectivity index (χ1n) is 5.00. The van der Waals surface area contributed by atoms with E-state index in [4.69, 9.17) is 5.11 Å². The Morgan fingerprint density at radius 1 is 1.40 bits per heavy atom. The van der Waals surface area contributed by atoms with E-state index in [-0.39, 0.29) is 12.4 Å². The molecular weight excluding hydrogens is 192 g/mol. The summed E-state index contributed by atoms with van der Waals surface area (Å²) in [5.74, 6) is 0.252. The van der Waals surface area contributed by atoms with Gasteiger partial charge in [-0.05, 0) is 31.9 Å². The number of aromatic nitrogens is 2. The fraction of sp³-hybridized carbons (Fsp3) is 0.364. The van der Waals surface area contributed by atoms with E-state index in [1.54, 1.807) is 6.07 Å². The van der Waals surface area contributed by atoms with Crippen LogP contribution in [0.25, 0.3) is 10.9 Å². The van der Waals surface area contributed by atoms with Crippen LogP contribution in [0.5, 0.6) is 5.75 Å². The minimum Gasteiger partial charge on any atom is -0.508 e. The molecule has 2 aromatic rings. The van der Waals surface area contributed by atoms with Gasteiger partial charge in [0.05, 0.1) is 5.52 Å².